The molecule has 0 aromatic carbocycles. The first-order valence-electron chi connectivity index (χ1n) is 4.70. The Balaban J connectivity index is 2.40. The van der Waals surface area contributed by atoms with Crippen molar-refractivity contribution < 1.29 is 14.3 Å². The lowest BCUT2D eigenvalue weighted by Crippen LogP contribution is -2.29. The predicted molar refractivity (Wildman–Crippen MR) is 57.5 cm³/mol. The Bertz CT molecular complexity index is 445. The molecule has 0 spiro atoms. The number of nitrogens with zero attached hydrogens (tertiary/aromatic N) is 2. The van der Waals surface area contributed by atoms with E-state index in [0.717, 1.165) is 4.90 Å². The zero-order valence-corrected chi connectivity index (χ0v) is 9.32. The van der Waals surface area contributed by atoms with E-state index in [1.165, 1.54) is 7.11 Å². The van der Waals surface area contributed by atoms with Gasteiger partial charge in [-0.3, -0.25) is 9.59 Å². The van der Waals surface area contributed by atoms with E-state index in [9.17, 15) is 9.59 Å². The van der Waals surface area contributed by atoms with E-state index in [1.54, 1.807) is 12.1 Å². The van der Waals surface area contributed by atoms with Crippen LogP contribution in [0.25, 0.3) is 0 Å². The largest absolute Gasteiger partial charge is 0.481 e. The van der Waals surface area contributed by atoms with Gasteiger partial charge in [0.15, 0.2) is 5.15 Å². The van der Waals surface area contributed by atoms with Crippen molar-refractivity contribution in [3.05, 3.63) is 17.3 Å². The number of anilines is 1. The topological polar surface area (TPSA) is 59.5 Å². The lowest BCUT2D eigenvalue weighted by molar-refractivity contribution is -0.121. The summed E-state index contributed by atoms with van der Waals surface area (Å²) in [5, 5.41) is 0.0861. The summed E-state index contributed by atoms with van der Waals surface area (Å²) < 4.78 is 4.88. The fourth-order valence-corrected chi connectivity index (χ4v) is 1.77. The van der Waals surface area contributed by atoms with Crippen LogP contribution < -0.4 is 9.64 Å². The van der Waals surface area contributed by atoms with Gasteiger partial charge in [-0.25, -0.2) is 4.90 Å². The Morgan fingerprint density at radius 3 is 2.44 bits per heavy atom. The molecule has 0 atom stereocenters. The molecule has 0 N–H and O–H groups in total. The van der Waals surface area contributed by atoms with Gasteiger partial charge < -0.3 is 4.74 Å². The maximum Gasteiger partial charge on any atom is 0.234 e. The van der Waals surface area contributed by atoms with Crippen molar-refractivity contribution >= 4 is 29.1 Å². The maximum absolute atomic E-state index is 11.5. The van der Waals surface area contributed by atoms with Crippen LogP contribution in [0.5, 0.6) is 5.88 Å². The van der Waals surface area contributed by atoms with Crippen LogP contribution in [-0.4, -0.2) is 23.9 Å². The molecule has 0 aliphatic carbocycles. The number of hydrogen-bond acceptors (Lipinski definition) is 4. The molecule has 2 rings (SSSR count). The van der Waals surface area contributed by atoms with Crippen molar-refractivity contribution in [1.82, 2.24) is 4.98 Å². The summed E-state index contributed by atoms with van der Waals surface area (Å²) in [6.07, 6.45) is 0.447. The second kappa shape index (κ2) is 4.09. The Hall–Kier alpha value is -1.62. The number of imide groups is 1. The van der Waals surface area contributed by atoms with Gasteiger partial charge in [0.05, 0.1) is 12.8 Å². The van der Waals surface area contributed by atoms with Crippen molar-refractivity contribution in [3.63, 3.8) is 0 Å². The molecule has 6 heteroatoms. The number of hydrogen-bond donors (Lipinski definition) is 0. The van der Waals surface area contributed by atoms with Gasteiger partial charge in [0.2, 0.25) is 17.7 Å². The summed E-state index contributed by atoms with van der Waals surface area (Å²) in [7, 11) is 1.46. The highest BCUT2D eigenvalue weighted by Crippen LogP contribution is 2.30. The van der Waals surface area contributed by atoms with Crippen LogP contribution in [0.3, 0.4) is 0 Å². The van der Waals surface area contributed by atoms with E-state index in [0.29, 0.717) is 11.6 Å². The molecule has 16 heavy (non-hydrogen) atoms. The molecule has 1 aliphatic rings. The molecular weight excluding hydrogens is 232 g/mol. The highest BCUT2D eigenvalue weighted by atomic mass is 35.5. The monoisotopic (exact) mass is 240 g/mol. The summed E-state index contributed by atoms with van der Waals surface area (Å²) in [6, 6.07) is 3.11. The molecular formula is C10H9ClN2O3. The number of carbonyl (C=O) groups is 2. The first-order chi connectivity index (χ1) is 7.63. The van der Waals surface area contributed by atoms with E-state index in [1.807, 2.05) is 0 Å². The Labute approximate surface area is 97.0 Å². The van der Waals surface area contributed by atoms with Crippen molar-refractivity contribution in [2.75, 3.05) is 12.0 Å². The van der Waals surface area contributed by atoms with E-state index in [4.69, 9.17) is 16.3 Å². The second-order valence-corrected chi connectivity index (χ2v) is 3.64. The van der Waals surface area contributed by atoms with Crippen LogP contribution >= 0.6 is 11.6 Å². The molecule has 2 heterocycles. The standard InChI is InChI=1S/C10H9ClN2O3/c1-16-7-3-2-6(10(11)12-7)13-8(14)4-5-9(13)15/h2-3H,4-5H2,1H3. The van der Waals surface area contributed by atoms with Crippen LogP contribution in [0, 0.1) is 0 Å². The van der Waals surface area contributed by atoms with Gasteiger partial charge in [0.25, 0.3) is 0 Å². The van der Waals surface area contributed by atoms with E-state index in [2.05, 4.69) is 4.98 Å². The van der Waals surface area contributed by atoms with Gasteiger partial charge in [-0.1, -0.05) is 11.6 Å². The van der Waals surface area contributed by atoms with Crippen molar-refractivity contribution in [1.29, 1.82) is 0 Å². The van der Waals surface area contributed by atoms with Gasteiger partial charge in [-0.15, -0.1) is 0 Å². The number of methoxy groups -OCH3 is 1. The molecule has 0 saturated carbocycles. The average Bonchev–Trinajstić information content (AvgIpc) is 2.59. The van der Waals surface area contributed by atoms with E-state index >= 15 is 0 Å². The summed E-state index contributed by atoms with van der Waals surface area (Å²) in [5.74, 6) is -0.162. The molecule has 0 bridgehead atoms. The normalized spacial score (nSPS) is 15.8. The predicted octanol–water partition coefficient (Wildman–Crippen LogP) is 1.40. The number of carbonyl (C=O) groups excluding carboxylic acids is 2. The summed E-state index contributed by atoms with van der Waals surface area (Å²) >= 11 is 5.88. The Morgan fingerprint density at radius 1 is 1.31 bits per heavy atom. The lowest BCUT2D eigenvalue weighted by atomic mass is 10.3. The number of ether oxygens (including phenoxy) is 1. The maximum atomic E-state index is 11.5. The van der Waals surface area contributed by atoms with Gasteiger partial charge in [-0.2, -0.15) is 4.98 Å². The van der Waals surface area contributed by atoms with E-state index in [-0.39, 0.29) is 29.8 Å². The molecule has 1 saturated heterocycles. The van der Waals surface area contributed by atoms with Crippen LogP contribution in [-0.2, 0) is 9.59 Å². The molecule has 1 aromatic rings. The number of aromatic nitrogens is 1. The van der Waals surface area contributed by atoms with Gasteiger partial charge in [0, 0.05) is 18.9 Å². The SMILES string of the molecule is COc1ccc(N2C(=O)CCC2=O)c(Cl)n1. The molecule has 2 amide bonds. The third-order valence-electron chi connectivity index (χ3n) is 2.31. The summed E-state index contributed by atoms with van der Waals surface area (Å²) in [4.78, 5) is 27.9. The minimum Gasteiger partial charge on any atom is -0.481 e. The van der Waals surface area contributed by atoms with Crippen molar-refractivity contribution in [3.8, 4) is 5.88 Å². The number of amides is 2. The van der Waals surface area contributed by atoms with Gasteiger partial charge >= 0.3 is 0 Å². The highest BCUT2D eigenvalue weighted by molar-refractivity contribution is 6.34. The smallest absolute Gasteiger partial charge is 0.234 e. The third kappa shape index (κ3) is 1.74. The van der Waals surface area contributed by atoms with Crippen LogP contribution in [0.1, 0.15) is 12.8 Å². The average molecular weight is 241 g/mol. The lowest BCUT2D eigenvalue weighted by Gasteiger charge is -2.14. The number of pyridine rings is 1. The summed E-state index contributed by atoms with van der Waals surface area (Å²) in [6.45, 7) is 0. The summed E-state index contributed by atoms with van der Waals surface area (Å²) in [5.41, 5.74) is 0.315. The van der Waals surface area contributed by atoms with Gasteiger partial charge in [-0.05, 0) is 6.07 Å². The third-order valence-corrected chi connectivity index (χ3v) is 2.58. The van der Waals surface area contributed by atoms with E-state index < -0.39 is 0 Å². The fourth-order valence-electron chi connectivity index (χ4n) is 1.54. The molecule has 1 aromatic heterocycles. The minimum atomic E-state index is -0.251. The zero-order chi connectivity index (χ0) is 11.7. The van der Waals surface area contributed by atoms with Crippen LogP contribution in [0.2, 0.25) is 5.15 Å². The van der Waals surface area contributed by atoms with Gasteiger partial charge in [0.1, 0.15) is 0 Å². The number of halogens is 1. The first kappa shape index (κ1) is 10.9. The molecule has 1 fully saturated rings. The Kier molecular flexibility index (Phi) is 2.78. The van der Waals surface area contributed by atoms with Crippen LogP contribution in [0.15, 0.2) is 12.1 Å². The van der Waals surface area contributed by atoms with Crippen LogP contribution in [0.4, 0.5) is 5.69 Å². The Morgan fingerprint density at radius 2 is 1.94 bits per heavy atom. The zero-order valence-electron chi connectivity index (χ0n) is 8.57. The number of rotatable bonds is 2. The van der Waals surface area contributed by atoms with Crippen molar-refractivity contribution in [2.24, 2.45) is 0 Å². The highest BCUT2D eigenvalue weighted by Gasteiger charge is 2.32. The molecule has 0 radical (unpaired) electrons. The molecule has 84 valence electrons. The minimum absolute atomic E-state index is 0.0861. The molecule has 0 unspecified atom stereocenters. The van der Waals surface area contributed by atoms with Crippen molar-refractivity contribution in [2.45, 2.75) is 12.8 Å². The quantitative estimate of drug-likeness (QED) is 0.579. The second-order valence-electron chi connectivity index (χ2n) is 3.29. The fraction of sp³-hybridized carbons (Fsp3) is 0.300. The molecule has 5 nitrogen and oxygen atoms in total. The first-order valence-corrected chi connectivity index (χ1v) is 5.07. The molecule has 1 aliphatic heterocycles.